The lowest BCUT2D eigenvalue weighted by Gasteiger charge is -2.37. The van der Waals surface area contributed by atoms with Gasteiger partial charge in [-0.1, -0.05) is 25.9 Å². The molecule has 1 saturated carbocycles. The summed E-state index contributed by atoms with van der Waals surface area (Å²) in [5, 5.41) is 4.04. The molecule has 1 aliphatic carbocycles. The molecule has 1 heterocycles. The van der Waals surface area contributed by atoms with Gasteiger partial charge in [0.15, 0.2) is 0 Å². The number of ether oxygens (including phenoxy) is 1. The Kier molecular flexibility index (Phi) is 3.94. The third-order valence-corrected chi connectivity index (χ3v) is 5.71. The summed E-state index contributed by atoms with van der Waals surface area (Å²) in [5.74, 6) is 0.185. The number of halogens is 1. The zero-order chi connectivity index (χ0) is 17.5. The first-order valence-corrected chi connectivity index (χ1v) is 7.97. The van der Waals surface area contributed by atoms with Crippen LogP contribution in [0.15, 0.2) is 28.8 Å². The van der Waals surface area contributed by atoms with Crippen LogP contribution >= 0.6 is 0 Å². The van der Waals surface area contributed by atoms with E-state index in [1.54, 1.807) is 12.1 Å². The van der Waals surface area contributed by atoms with Crippen molar-refractivity contribution >= 4 is 5.97 Å². The van der Waals surface area contributed by atoms with Crippen molar-refractivity contribution in [3.63, 3.8) is 0 Å². The molecule has 1 aromatic carbocycles. The van der Waals surface area contributed by atoms with Crippen LogP contribution < -0.4 is 0 Å². The Labute approximate surface area is 140 Å². The fourth-order valence-corrected chi connectivity index (χ4v) is 3.60. The summed E-state index contributed by atoms with van der Waals surface area (Å²) in [7, 11) is 1.41. The highest BCUT2D eigenvalue weighted by molar-refractivity contribution is 5.74. The molecular weight excluding hydrogens is 311 g/mol. The number of esters is 1. The van der Waals surface area contributed by atoms with Crippen molar-refractivity contribution in [2.75, 3.05) is 7.11 Å². The standard InChI is InChI=1S/C18H21FN2O3/c1-17(2)13(15(22)23-4)9-10-18(17,3)16-20-14(21-24-16)11-5-7-12(19)8-6-11/h5-8,13H,9-10H2,1-4H3/t13-,18+/m0/s1. The van der Waals surface area contributed by atoms with E-state index in [0.29, 0.717) is 23.7 Å². The molecule has 0 bridgehead atoms. The molecule has 1 aromatic heterocycles. The third kappa shape index (κ3) is 2.41. The van der Waals surface area contributed by atoms with E-state index in [0.717, 1.165) is 6.42 Å². The number of hydrogen-bond acceptors (Lipinski definition) is 5. The van der Waals surface area contributed by atoms with Gasteiger partial charge in [0.25, 0.3) is 0 Å². The monoisotopic (exact) mass is 332 g/mol. The Balaban J connectivity index is 1.94. The van der Waals surface area contributed by atoms with Crippen LogP contribution in [0.3, 0.4) is 0 Å². The number of rotatable bonds is 3. The van der Waals surface area contributed by atoms with Crippen molar-refractivity contribution in [3.05, 3.63) is 36.0 Å². The summed E-state index contributed by atoms with van der Waals surface area (Å²) in [5.41, 5.74) is -0.126. The highest BCUT2D eigenvalue weighted by atomic mass is 19.1. The smallest absolute Gasteiger partial charge is 0.309 e. The van der Waals surface area contributed by atoms with Crippen molar-refractivity contribution in [1.82, 2.24) is 10.1 Å². The highest BCUT2D eigenvalue weighted by Gasteiger charge is 2.58. The van der Waals surface area contributed by atoms with Crippen LogP contribution in [-0.4, -0.2) is 23.2 Å². The van der Waals surface area contributed by atoms with Gasteiger partial charge in [-0.05, 0) is 42.5 Å². The second kappa shape index (κ2) is 5.69. The molecule has 0 amide bonds. The van der Waals surface area contributed by atoms with E-state index in [1.165, 1.54) is 19.2 Å². The predicted octanol–water partition coefficient (Wildman–Crippen LogP) is 3.74. The molecular formula is C18H21FN2O3. The molecule has 0 saturated heterocycles. The first-order valence-electron chi connectivity index (χ1n) is 7.97. The van der Waals surface area contributed by atoms with Crippen LogP contribution in [0.2, 0.25) is 0 Å². The van der Waals surface area contributed by atoms with Crippen LogP contribution in [0.4, 0.5) is 4.39 Å². The Morgan fingerprint density at radius 3 is 2.58 bits per heavy atom. The third-order valence-electron chi connectivity index (χ3n) is 5.71. The van der Waals surface area contributed by atoms with E-state index < -0.39 is 5.41 Å². The molecule has 2 atom stereocenters. The van der Waals surface area contributed by atoms with Gasteiger partial charge in [0.1, 0.15) is 5.82 Å². The number of methoxy groups -OCH3 is 1. The zero-order valence-corrected chi connectivity index (χ0v) is 14.3. The van der Waals surface area contributed by atoms with Crippen molar-refractivity contribution in [2.45, 2.75) is 39.0 Å². The summed E-state index contributed by atoms with van der Waals surface area (Å²) in [6.45, 7) is 6.10. The Bertz CT molecular complexity index is 754. The van der Waals surface area contributed by atoms with Crippen molar-refractivity contribution in [1.29, 1.82) is 0 Å². The van der Waals surface area contributed by atoms with Crippen molar-refractivity contribution in [3.8, 4) is 11.4 Å². The second-order valence-electron chi connectivity index (χ2n) is 7.10. The van der Waals surface area contributed by atoms with Crippen LogP contribution in [-0.2, 0) is 14.9 Å². The van der Waals surface area contributed by atoms with E-state index in [2.05, 4.69) is 10.1 Å². The molecule has 0 aliphatic heterocycles. The average Bonchev–Trinajstić information content (AvgIpc) is 3.13. The van der Waals surface area contributed by atoms with Gasteiger partial charge in [-0.2, -0.15) is 4.98 Å². The normalized spacial score (nSPS) is 25.6. The van der Waals surface area contributed by atoms with E-state index in [4.69, 9.17) is 9.26 Å². The average molecular weight is 332 g/mol. The molecule has 1 aliphatic rings. The largest absolute Gasteiger partial charge is 0.469 e. The number of benzene rings is 1. The fourth-order valence-electron chi connectivity index (χ4n) is 3.60. The second-order valence-corrected chi connectivity index (χ2v) is 7.10. The molecule has 0 spiro atoms. The Hall–Kier alpha value is -2.24. The summed E-state index contributed by atoms with van der Waals surface area (Å²) < 4.78 is 23.5. The first-order chi connectivity index (χ1) is 11.3. The molecule has 0 radical (unpaired) electrons. The van der Waals surface area contributed by atoms with Gasteiger partial charge in [0, 0.05) is 5.56 Å². The van der Waals surface area contributed by atoms with E-state index in [-0.39, 0.29) is 23.1 Å². The van der Waals surface area contributed by atoms with Gasteiger partial charge in [-0.3, -0.25) is 4.79 Å². The number of nitrogens with zero attached hydrogens (tertiary/aromatic N) is 2. The summed E-state index contributed by atoms with van der Waals surface area (Å²) in [6, 6.07) is 5.95. The van der Waals surface area contributed by atoms with Crippen LogP contribution in [0, 0.1) is 17.2 Å². The number of hydrogen-bond donors (Lipinski definition) is 0. The van der Waals surface area contributed by atoms with Gasteiger partial charge in [-0.25, -0.2) is 4.39 Å². The molecule has 0 N–H and O–H groups in total. The van der Waals surface area contributed by atoms with Gasteiger partial charge >= 0.3 is 5.97 Å². The maximum atomic E-state index is 13.1. The SMILES string of the molecule is COC(=O)[C@@H]1CC[C@](C)(c2nc(-c3ccc(F)cc3)no2)C1(C)C. The lowest BCUT2D eigenvalue weighted by atomic mass is 9.65. The topological polar surface area (TPSA) is 65.2 Å². The maximum Gasteiger partial charge on any atom is 0.309 e. The van der Waals surface area contributed by atoms with Gasteiger partial charge in [0.05, 0.1) is 18.4 Å². The molecule has 128 valence electrons. The lowest BCUT2D eigenvalue weighted by Crippen LogP contribution is -2.41. The van der Waals surface area contributed by atoms with Gasteiger partial charge < -0.3 is 9.26 Å². The number of aromatic nitrogens is 2. The van der Waals surface area contributed by atoms with E-state index in [1.807, 2.05) is 20.8 Å². The minimum absolute atomic E-state index is 0.206. The van der Waals surface area contributed by atoms with Crippen molar-refractivity contribution in [2.24, 2.45) is 11.3 Å². The Morgan fingerprint density at radius 1 is 1.29 bits per heavy atom. The summed E-state index contributed by atoms with van der Waals surface area (Å²) in [6.07, 6.45) is 1.47. The molecule has 24 heavy (non-hydrogen) atoms. The molecule has 3 rings (SSSR count). The number of carbonyl (C=O) groups excluding carboxylic acids is 1. The van der Waals surface area contributed by atoms with Crippen molar-refractivity contribution < 1.29 is 18.4 Å². The van der Waals surface area contributed by atoms with Gasteiger partial charge in [0.2, 0.25) is 11.7 Å². The van der Waals surface area contributed by atoms with Crippen LogP contribution in [0.5, 0.6) is 0 Å². The molecule has 0 unspecified atom stereocenters. The summed E-state index contributed by atoms with van der Waals surface area (Å²) in [4.78, 5) is 16.6. The Morgan fingerprint density at radius 2 is 1.96 bits per heavy atom. The summed E-state index contributed by atoms with van der Waals surface area (Å²) >= 11 is 0. The van der Waals surface area contributed by atoms with Gasteiger partial charge in [-0.15, -0.1) is 0 Å². The fraction of sp³-hybridized carbons (Fsp3) is 0.500. The van der Waals surface area contributed by atoms with Crippen LogP contribution in [0.1, 0.15) is 39.5 Å². The van der Waals surface area contributed by atoms with Crippen LogP contribution in [0.25, 0.3) is 11.4 Å². The minimum Gasteiger partial charge on any atom is -0.469 e. The molecule has 1 fully saturated rings. The lowest BCUT2D eigenvalue weighted by molar-refractivity contribution is -0.149. The highest BCUT2D eigenvalue weighted by Crippen LogP contribution is 2.57. The maximum absolute atomic E-state index is 13.1. The first kappa shape index (κ1) is 16.6. The molecule has 5 nitrogen and oxygen atoms in total. The quantitative estimate of drug-likeness (QED) is 0.801. The van der Waals surface area contributed by atoms with E-state index >= 15 is 0 Å². The zero-order valence-electron chi connectivity index (χ0n) is 14.3. The molecule has 6 heteroatoms. The van der Waals surface area contributed by atoms with E-state index in [9.17, 15) is 9.18 Å². The minimum atomic E-state index is -0.433. The predicted molar refractivity (Wildman–Crippen MR) is 85.6 cm³/mol. The number of carbonyl (C=O) groups is 1. The molecule has 2 aromatic rings.